The van der Waals surface area contributed by atoms with E-state index in [1.165, 1.54) is 13.8 Å². The Morgan fingerprint density at radius 2 is 1.65 bits per heavy atom. The molecule has 0 aromatic carbocycles. The second kappa shape index (κ2) is 5.52. The summed E-state index contributed by atoms with van der Waals surface area (Å²) in [5.74, 6) is -0.969. The van der Waals surface area contributed by atoms with Crippen LogP contribution in [0.3, 0.4) is 0 Å². The summed E-state index contributed by atoms with van der Waals surface area (Å²) >= 11 is 0. The molecule has 0 bridgehead atoms. The minimum Gasteiger partial charge on any atom is -0.480 e. The molecule has 0 aliphatic rings. The summed E-state index contributed by atoms with van der Waals surface area (Å²) in [6, 6.07) is 0. The zero-order valence-corrected chi connectivity index (χ0v) is 11.8. The van der Waals surface area contributed by atoms with Crippen LogP contribution < -0.4 is 5.32 Å². The first-order chi connectivity index (χ1) is 7.44. The van der Waals surface area contributed by atoms with Crippen LogP contribution in [0.5, 0.6) is 0 Å². The molecule has 0 aromatic rings. The predicted octanol–water partition coefficient (Wildman–Crippen LogP) is 2.43. The van der Waals surface area contributed by atoms with Crippen molar-refractivity contribution < 1.29 is 14.7 Å². The first-order valence-electron chi connectivity index (χ1n) is 5.98. The lowest BCUT2D eigenvalue weighted by Gasteiger charge is -2.25. The van der Waals surface area contributed by atoms with E-state index < -0.39 is 11.5 Å². The topological polar surface area (TPSA) is 66.4 Å². The summed E-state index contributed by atoms with van der Waals surface area (Å²) in [5.41, 5.74) is -1.01. The highest BCUT2D eigenvalue weighted by Gasteiger charge is 2.29. The molecule has 2 N–H and O–H groups in total. The van der Waals surface area contributed by atoms with Gasteiger partial charge < -0.3 is 10.4 Å². The second-order valence-corrected chi connectivity index (χ2v) is 6.55. The lowest BCUT2D eigenvalue weighted by atomic mass is 9.84. The third-order valence-corrected chi connectivity index (χ3v) is 2.48. The average molecular weight is 243 g/mol. The molecular formula is C13H25NO3. The molecule has 100 valence electrons. The molecule has 0 aliphatic carbocycles. The van der Waals surface area contributed by atoms with E-state index in [9.17, 15) is 9.59 Å². The molecule has 0 spiro atoms. The number of aliphatic carboxylic acids is 1. The van der Waals surface area contributed by atoms with Crippen molar-refractivity contribution >= 4 is 11.9 Å². The number of carboxylic acids is 1. The molecule has 0 fully saturated rings. The second-order valence-electron chi connectivity index (χ2n) is 6.55. The number of hydrogen-bond donors (Lipinski definition) is 2. The van der Waals surface area contributed by atoms with Crippen LogP contribution >= 0.6 is 0 Å². The molecule has 0 saturated carbocycles. The maximum Gasteiger partial charge on any atom is 0.328 e. The van der Waals surface area contributed by atoms with Gasteiger partial charge in [0.1, 0.15) is 5.54 Å². The van der Waals surface area contributed by atoms with Gasteiger partial charge in [-0.2, -0.15) is 0 Å². The van der Waals surface area contributed by atoms with Crippen LogP contribution in [-0.2, 0) is 9.59 Å². The highest BCUT2D eigenvalue weighted by Crippen LogP contribution is 2.25. The quantitative estimate of drug-likeness (QED) is 0.779. The van der Waals surface area contributed by atoms with Crippen molar-refractivity contribution in [2.75, 3.05) is 0 Å². The monoisotopic (exact) mass is 243 g/mol. The summed E-state index contributed by atoms with van der Waals surface area (Å²) < 4.78 is 0. The summed E-state index contributed by atoms with van der Waals surface area (Å²) in [5, 5.41) is 11.4. The number of carbonyl (C=O) groups is 2. The normalized spacial score (nSPS) is 14.2. The fraction of sp³-hybridized carbons (Fsp3) is 0.846. The van der Waals surface area contributed by atoms with E-state index in [1.807, 2.05) is 6.92 Å². The molecule has 0 heterocycles. The molecular weight excluding hydrogens is 218 g/mol. The van der Waals surface area contributed by atoms with Gasteiger partial charge in [0.15, 0.2) is 0 Å². The van der Waals surface area contributed by atoms with Crippen molar-refractivity contribution in [3.63, 3.8) is 0 Å². The van der Waals surface area contributed by atoms with Crippen LogP contribution in [0.15, 0.2) is 0 Å². The Morgan fingerprint density at radius 1 is 1.18 bits per heavy atom. The SMILES string of the molecule is CC(CC(=O)NC(C)(C)C(=O)O)CC(C)(C)C. The number of nitrogens with one attached hydrogen (secondary N) is 1. The third kappa shape index (κ3) is 6.97. The van der Waals surface area contributed by atoms with Gasteiger partial charge in [0.25, 0.3) is 0 Å². The minimum absolute atomic E-state index is 0.183. The van der Waals surface area contributed by atoms with Gasteiger partial charge in [-0.25, -0.2) is 4.79 Å². The van der Waals surface area contributed by atoms with Crippen molar-refractivity contribution in [2.24, 2.45) is 11.3 Å². The van der Waals surface area contributed by atoms with Gasteiger partial charge >= 0.3 is 5.97 Å². The molecule has 4 heteroatoms. The van der Waals surface area contributed by atoms with Crippen LogP contribution in [0.2, 0.25) is 0 Å². The molecule has 4 nitrogen and oxygen atoms in total. The maximum atomic E-state index is 11.7. The van der Waals surface area contributed by atoms with E-state index >= 15 is 0 Å². The zero-order chi connectivity index (χ0) is 13.9. The summed E-state index contributed by atoms with van der Waals surface area (Å²) in [6.45, 7) is 11.4. The Labute approximate surface area is 104 Å². The van der Waals surface area contributed by atoms with E-state index in [1.54, 1.807) is 0 Å². The van der Waals surface area contributed by atoms with Crippen LogP contribution in [0.4, 0.5) is 0 Å². The van der Waals surface area contributed by atoms with Gasteiger partial charge in [0.2, 0.25) is 5.91 Å². The molecule has 0 radical (unpaired) electrons. The maximum absolute atomic E-state index is 11.7. The van der Waals surface area contributed by atoms with Gasteiger partial charge in [-0.3, -0.25) is 4.79 Å². The Morgan fingerprint density at radius 3 is 2.00 bits per heavy atom. The smallest absolute Gasteiger partial charge is 0.328 e. The molecule has 0 aromatic heterocycles. The van der Waals surface area contributed by atoms with Crippen LogP contribution in [0, 0.1) is 11.3 Å². The number of hydrogen-bond acceptors (Lipinski definition) is 2. The Bertz CT molecular complexity index is 290. The highest BCUT2D eigenvalue weighted by molar-refractivity contribution is 5.86. The lowest BCUT2D eigenvalue weighted by Crippen LogP contribution is -2.50. The van der Waals surface area contributed by atoms with Gasteiger partial charge in [-0.1, -0.05) is 27.7 Å². The first kappa shape index (κ1) is 15.9. The van der Waals surface area contributed by atoms with E-state index in [4.69, 9.17) is 5.11 Å². The standard InChI is InChI=1S/C13H25NO3/c1-9(8-12(2,3)4)7-10(15)14-13(5,6)11(16)17/h9H,7-8H2,1-6H3,(H,14,15)(H,16,17). The Hall–Kier alpha value is -1.06. The van der Waals surface area contributed by atoms with E-state index in [-0.39, 0.29) is 17.2 Å². The number of amides is 1. The molecule has 17 heavy (non-hydrogen) atoms. The van der Waals surface area contributed by atoms with Crippen molar-refractivity contribution in [1.29, 1.82) is 0 Å². The summed E-state index contributed by atoms with van der Waals surface area (Å²) in [4.78, 5) is 22.5. The number of carboxylic acid groups (broad SMARTS) is 1. The third-order valence-electron chi connectivity index (χ3n) is 2.48. The van der Waals surface area contributed by atoms with Gasteiger partial charge in [0.05, 0.1) is 0 Å². The Balaban J connectivity index is 4.24. The Kier molecular flexibility index (Phi) is 5.17. The molecule has 1 unspecified atom stereocenters. The predicted molar refractivity (Wildman–Crippen MR) is 67.7 cm³/mol. The highest BCUT2D eigenvalue weighted by atomic mass is 16.4. The van der Waals surface area contributed by atoms with Gasteiger partial charge in [-0.15, -0.1) is 0 Å². The molecule has 0 aliphatic heterocycles. The minimum atomic E-state index is -1.20. The van der Waals surface area contributed by atoms with Crippen molar-refractivity contribution in [3.8, 4) is 0 Å². The lowest BCUT2D eigenvalue weighted by molar-refractivity contribution is -0.146. The number of rotatable bonds is 5. The molecule has 1 amide bonds. The largest absolute Gasteiger partial charge is 0.480 e. The van der Waals surface area contributed by atoms with Crippen molar-refractivity contribution in [3.05, 3.63) is 0 Å². The zero-order valence-electron chi connectivity index (χ0n) is 11.8. The van der Waals surface area contributed by atoms with E-state index in [2.05, 4.69) is 26.1 Å². The summed E-state index contributed by atoms with van der Waals surface area (Å²) in [6.07, 6.45) is 1.31. The van der Waals surface area contributed by atoms with Crippen LogP contribution in [-0.4, -0.2) is 22.5 Å². The van der Waals surface area contributed by atoms with Crippen molar-refractivity contribution in [1.82, 2.24) is 5.32 Å². The van der Waals surface area contributed by atoms with E-state index in [0.29, 0.717) is 6.42 Å². The fourth-order valence-corrected chi connectivity index (χ4v) is 1.89. The average Bonchev–Trinajstić information content (AvgIpc) is 1.96. The van der Waals surface area contributed by atoms with Crippen LogP contribution in [0.1, 0.15) is 54.4 Å². The summed E-state index contributed by atoms with van der Waals surface area (Å²) in [7, 11) is 0. The van der Waals surface area contributed by atoms with Gasteiger partial charge in [-0.05, 0) is 31.6 Å². The molecule has 0 rings (SSSR count). The van der Waals surface area contributed by atoms with Gasteiger partial charge in [0, 0.05) is 6.42 Å². The van der Waals surface area contributed by atoms with E-state index in [0.717, 1.165) is 6.42 Å². The van der Waals surface area contributed by atoms with Crippen molar-refractivity contribution in [2.45, 2.75) is 59.9 Å². The first-order valence-corrected chi connectivity index (χ1v) is 5.98. The molecule has 1 atom stereocenters. The molecule has 0 saturated heterocycles. The number of carbonyl (C=O) groups excluding carboxylic acids is 1. The fourth-order valence-electron chi connectivity index (χ4n) is 1.89. The van der Waals surface area contributed by atoms with Crippen LogP contribution in [0.25, 0.3) is 0 Å².